The molecule has 1 rings (SSSR count). The molecule has 1 aromatic rings. The number of hydrogen-bond acceptors (Lipinski definition) is 2. The molecule has 3 nitrogen and oxygen atoms in total. The average molecular weight is 163 g/mol. The van der Waals surface area contributed by atoms with Gasteiger partial charge in [0.15, 0.2) is 0 Å². The van der Waals surface area contributed by atoms with Gasteiger partial charge in [0.05, 0.1) is 5.02 Å². The molecule has 0 saturated carbocycles. The highest BCUT2D eigenvalue weighted by atomic mass is 35.5. The Kier molecular flexibility index (Phi) is 2.99. The second kappa shape index (κ2) is 3.29. The number of aromatic hydroxyl groups is 2. The number of phenols is 2. The van der Waals surface area contributed by atoms with Crippen molar-refractivity contribution in [3.63, 3.8) is 0 Å². The minimum atomic E-state index is -0.100. The Morgan fingerprint density at radius 1 is 1.20 bits per heavy atom. The standard InChI is InChI=1S/C6H5ClO2.H2O/c7-5-2-1-4(8)3-6(5)9;/h1-3,8-9H;1H2. The van der Waals surface area contributed by atoms with E-state index in [1.165, 1.54) is 18.2 Å². The Balaban J connectivity index is 0.000000810. The molecule has 0 spiro atoms. The van der Waals surface area contributed by atoms with Gasteiger partial charge in [0.1, 0.15) is 11.5 Å². The van der Waals surface area contributed by atoms with Gasteiger partial charge in [-0.3, -0.25) is 0 Å². The Labute approximate surface area is 62.8 Å². The van der Waals surface area contributed by atoms with E-state index in [2.05, 4.69) is 0 Å². The Hall–Kier alpha value is -0.930. The summed E-state index contributed by atoms with van der Waals surface area (Å²) >= 11 is 5.42. The molecule has 0 aliphatic heterocycles. The molecule has 0 aliphatic carbocycles. The van der Waals surface area contributed by atoms with Crippen molar-refractivity contribution in [2.45, 2.75) is 0 Å². The molecule has 0 amide bonds. The highest BCUT2D eigenvalue weighted by Crippen LogP contribution is 2.26. The van der Waals surface area contributed by atoms with Crippen molar-refractivity contribution in [2.75, 3.05) is 0 Å². The average Bonchev–Trinajstić information content (AvgIpc) is 1.80. The van der Waals surface area contributed by atoms with Crippen molar-refractivity contribution in [3.05, 3.63) is 23.2 Å². The Bertz CT molecular complexity index is 224. The summed E-state index contributed by atoms with van der Waals surface area (Å²) in [5.41, 5.74) is 0. The van der Waals surface area contributed by atoms with Gasteiger partial charge >= 0.3 is 0 Å². The van der Waals surface area contributed by atoms with E-state index < -0.39 is 0 Å². The van der Waals surface area contributed by atoms with E-state index in [1.54, 1.807) is 0 Å². The van der Waals surface area contributed by atoms with Gasteiger partial charge in [0, 0.05) is 6.07 Å². The van der Waals surface area contributed by atoms with Crippen LogP contribution in [0.15, 0.2) is 18.2 Å². The van der Waals surface area contributed by atoms with Crippen LogP contribution in [-0.2, 0) is 0 Å². The van der Waals surface area contributed by atoms with E-state index in [9.17, 15) is 0 Å². The first-order valence-electron chi connectivity index (χ1n) is 2.37. The van der Waals surface area contributed by atoms with E-state index in [0.29, 0.717) is 0 Å². The summed E-state index contributed by atoms with van der Waals surface area (Å²) in [6.07, 6.45) is 0. The summed E-state index contributed by atoms with van der Waals surface area (Å²) in [7, 11) is 0. The third kappa shape index (κ3) is 1.79. The van der Waals surface area contributed by atoms with Crippen LogP contribution < -0.4 is 0 Å². The lowest BCUT2D eigenvalue weighted by Gasteiger charge is -1.94. The molecular weight excluding hydrogens is 156 g/mol. The highest BCUT2D eigenvalue weighted by Gasteiger charge is 1.95. The van der Waals surface area contributed by atoms with Gasteiger partial charge in [-0.25, -0.2) is 0 Å². The molecule has 0 saturated heterocycles. The second-order valence-corrected chi connectivity index (χ2v) is 2.04. The molecule has 0 aliphatic rings. The summed E-state index contributed by atoms with van der Waals surface area (Å²) in [5.74, 6) is -0.0893. The predicted octanol–water partition coefficient (Wildman–Crippen LogP) is 0.926. The monoisotopic (exact) mass is 162 g/mol. The summed E-state index contributed by atoms with van der Waals surface area (Å²) in [5, 5.41) is 17.8. The van der Waals surface area contributed by atoms with Crippen LogP contribution >= 0.6 is 11.6 Å². The van der Waals surface area contributed by atoms with Crippen molar-refractivity contribution >= 4 is 11.6 Å². The van der Waals surface area contributed by atoms with Gasteiger partial charge in [-0.2, -0.15) is 0 Å². The fourth-order valence-electron chi connectivity index (χ4n) is 0.501. The zero-order valence-corrected chi connectivity index (χ0v) is 5.76. The van der Waals surface area contributed by atoms with E-state index >= 15 is 0 Å². The van der Waals surface area contributed by atoms with E-state index in [4.69, 9.17) is 21.8 Å². The first-order chi connectivity index (χ1) is 4.20. The molecule has 0 unspecified atom stereocenters. The summed E-state index contributed by atoms with van der Waals surface area (Å²) in [6, 6.07) is 4.01. The third-order valence-electron chi connectivity index (χ3n) is 0.930. The lowest BCUT2D eigenvalue weighted by Crippen LogP contribution is -1.66. The van der Waals surface area contributed by atoms with Gasteiger partial charge in [0.2, 0.25) is 0 Å². The minimum Gasteiger partial charge on any atom is -0.508 e. The summed E-state index contributed by atoms with van der Waals surface area (Å²) < 4.78 is 0. The van der Waals surface area contributed by atoms with Crippen LogP contribution in [0, 0.1) is 0 Å². The number of rotatable bonds is 0. The van der Waals surface area contributed by atoms with Gasteiger partial charge in [-0.05, 0) is 12.1 Å². The molecule has 0 heterocycles. The Morgan fingerprint density at radius 2 is 1.80 bits per heavy atom. The number of halogens is 1. The third-order valence-corrected chi connectivity index (χ3v) is 1.25. The fraction of sp³-hybridized carbons (Fsp3) is 0. The molecule has 4 heteroatoms. The van der Waals surface area contributed by atoms with Crippen LogP contribution in [0.4, 0.5) is 0 Å². The number of phenolic OH excluding ortho intramolecular Hbond substituents is 2. The van der Waals surface area contributed by atoms with E-state index in [-0.39, 0.29) is 22.0 Å². The maximum atomic E-state index is 8.81. The molecule has 0 atom stereocenters. The maximum Gasteiger partial charge on any atom is 0.137 e. The van der Waals surface area contributed by atoms with Crippen molar-refractivity contribution < 1.29 is 15.7 Å². The largest absolute Gasteiger partial charge is 0.508 e. The van der Waals surface area contributed by atoms with Gasteiger partial charge in [-0.15, -0.1) is 0 Å². The molecule has 0 radical (unpaired) electrons. The molecule has 10 heavy (non-hydrogen) atoms. The van der Waals surface area contributed by atoms with Crippen molar-refractivity contribution in [3.8, 4) is 11.5 Å². The molecular formula is C6H7ClO3. The van der Waals surface area contributed by atoms with Crippen LogP contribution in [0.1, 0.15) is 0 Å². The normalized spacial score (nSPS) is 8.50. The Morgan fingerprint density at radius 3 is 2.20 bits per heavy atom. The molecule has 1 aromatic carbocycles. The quantitative estimate of drug-likeness (QED) is 0.596. The van der Waals surface area contributed by atoms with Crippen LogP contribution in [0.3, 0.4) is 0 Å². The van der Waals surface area contributed by atoms with Gasteiger partial charge < -0.3 is 15.7 Å². The fourth-order valence-corrected chi connectivity index (χ4v) is 0.619. The predicted molar refractivity (Wildman–Crippen MR) is 38.4 cm³/mol. The van der Waals surface area contributed by atoms with Crippen molar-refractivity contribution in [1.82, 2.24) is 0 Å². The number of hydrogen-bond donors (Lipinski definition) is 2. The highest BCUT2D eigenvalue weighted by molar-refractivity contribution is 6.32. The van der Waals surface area contributed by atoms with E-state index in [0.717, 1.165) is 0 Å². The van der Waals surface area contributed by atoms with Crippen molar-refractivity contribution in [1.29, 1.82) is 0 Å². The van der Waals surface area contributed by atoms with Gasteiger partial charge in [0.25, 0.3) is 0 Å². The lowest BCUT2D eigenvalue weighted by molar-refractivity contribution is 0.451. The molecule has 4 N–H and O–H groups in total. The zero-order valence-electron chi connectivity index (χ0n) is 5.00. The summed E-state index contributed by atoms with van der Waals surface area (Å²) in [6.45, 7) is 0. The topological polar surface area (TPSA) is 72.0 Å². The smallest absolute Gasteiger partial charge is 0.137 e. The van der Waals surface area contributed by atoms with Crippen molar-refractivity contribution in [2.24, 2.45) is 0 Å². The lowest BCUT2D eigenvalue weighted by atomic mass is 10.3. The van der Waals surface area contributed by atoms with Gasteiger partial charge in [-0.1, -0.05) is 11.6 Å². The molecule has 0 aromatic heterocycles. The molecule has 0 bridgehead atoms. The first-order valence-corrected chi connectivity index (χ1v) is 2.75. The van der Waals surface area contributed by atoms with E-state index in [1.807, 2.05) is 0 Å². The second-order valence-electron chi connectivity index (χ2n) is 1.64. The minimum absolute atomic E-state index is 0. The summed E-state index contributed by atoms with van der Waals surface area (Å²) in [4.78, 5) is 0. The first kappa shape index (κ1) is 9.07. The van der Waals surface area contributed by atoms with Crippen LogP contribution in [0.25, 0.3) is 0 Å². The van der Waals surface area contributed by atoms with Crippen LogP contribution in [0.2, 0.25) is 5.02 Å². The molecule has 0 fully saturated rings. The van der Waals surface area contributed by atoms with Crippen LogP contribution in [-0.4, -0.2) is 15.7 Å². The number of benzene rings is 1. The van der Waals surface area contributed by atoms with Crippen LogP contribution in [0.5, 0.6) is 11.5 Å². The molecule has 56 valence electrons. The SMILES string of the molecule is O.Oc1ccc(Cl)c(O)c1. The maximum absolute atomic E-state index is 8.81. The zero-order chi connectivity index (χ0) is 6.85.